The molecule has 2 rings (SSSR count). The lowest BCUT2D eigenvalue weighted by Gasteiger charge is -2.22. The van der Waals surface area contributed by atoms with Crippen LogP contribution in [0.4, 0.5) is 5.69 Å². The number of carbonyl (C=O) groups is 1. The highest BCUT2D eigenvalue weighted by molar-refractivity contribution is 6.33. The summed E-state index contributed by atoms with van der Waals surface area (Å²) in [5.74, 6) is 0.00547. The molecule has 1 atom stereocenters. The Kier molecular flexibility index (Phi) is 7.30. The van der Waals surface area contributed by atoms with Gasteiger partial charge in [0.05, 0.1) is 10.7 Å². The third-order valence-electron chi connectivity index (χ3n) is 3.50. The average molecular weight is 318 g/mol. The fraction of sp³-hybridized carbons (Fsp3) is 0.500. The predicted molar refractivity (Wildman–Crippen MR) is 85.9 cm³/mol. The molecule has 0 bridgehead atoms. The minimum atomic E-state index is 0. The highest BCUT2D eigenvalue weighted by Crippen LogP contribution is 2.20. The summed E-state index contributed by atoms with van der Waals surface area (Å²) in [7, 11) is 2.07. The fourth-order valence-corrected chi connectivity index (χ4v) is 2.43. The van der Waals surface area contributed by atoms with Crippen LogP contribution < -0.4 is 10.6 Å². The minimum absolute atomic E-state index is 0. The van der Waals surface area contributed by atoms with Gasteiger partial charge in [-0.3, -0.25) is 4.79 Å². The first-order chi connectivity index (χ1) is 9.16. The molecule has 0 aromatic heterocycles. The van der Waals surface area contributed by atoms with E-state index in [4.69, 9.17) is 11.6 Å². The monoisotopic (exact) mass is 317 g/mol. The molecule has 1 fully saturated rings. The Labute approximate surface area is 131 Å². The molecule has 112 valence electrons. The predicted octanol–water partition coefficient (Wildman–Crippen LogP) is 2.38. The van der Waals surface area contributed by atoms with Gasteiger partial charge in [-0.2, -0.15) is 0 Å². The molecule has 0 radical (unpaired) electrons. The van der Waals surface area contributed by atoms with E-state index in [0.29, 0.717) is 23.2 Å². The quantitative estimate of drug-likeness (QED) is 0.876. The van der Waals surface area contributed by atoms with Crippen LogP contribution in [-0.2, 0) is 4.79 Å². The highest BCUT2D eigenvalue weighted by atomic mass is 35.5. The summed E-state index contributed by atoms with van der Waals surface area (Å²) in [6.07, 6.45) is 1.64. The van der Waals surface area contributed by atoms with E-state index >= 15 is 0 Å². The van der Waals surface area contributed by atoms with Gasteiger partial charge in [-0.15, -0.1) is 12.4 Å². The van der Waals surface area contributed by atoms with E-state index in [1.54, 1.807) is 6.07 Å². The van der Waals surface area contributed by atoms with Crippen LogP contribution in [0.3, 0.4) is 0 Å². The Morgan fingerprint density at radius 1 is 1.50 bits per heavy atom. The van der Waals surface area contributed by atoms with Gasteiger partial charge < -0.3 is 15.5 Å². The van der Waals surface area contributed by atoms with Crippen molar-refractivity contribution in [2.75, 3.05) is 32.0 Å². The van der Waals surface area contributed by atoms with Gasteiger partial charge in [0, 0.05) is 25.6 Å². The molecule has 1 unspecified atom stereocenters. The number of nitrogens with one attached hydrogen (secondary N) is 2. The molecule has 1 aromatic carbocycles. The van der Waals surface area contributed by atoms with Crippen LogP contribution in [0.5, 0.6) is 0 Å². The van der Waals surface area contributed by atoms with Gasteiger partial charge >= 0.3 is 0 Å². The SMILES string of the molecule is CN(CCC(=O)Nc1ccccc1Cl)C1CCNC1.Cl. The molecule has 20 heavy (non-hydrogen) atoms. The topological polar surface area (TPSA) is 44.4 Å². The van der Waals surface area contributed by atoms with Crippen LogP contribution in [0.2, 0.25) is 5.02 Å². The molecule has 1 amide bonds. The molecule has 2 N–H and O–H groups in total. The lowest BCUT2D eigenvalue weighted by atomic mass is 10.2. The van der Waals surface area contributed by atoms with Crippen molar-refractivity contribution in [2.24, 2.45) is 0 Å². The summed E-state index contributed by atoms with van der Waals surface area (Å²) >= 11 is 6.00. The number of amides is 1. The molecule has 4 nitrogen and oxygen atoms in total. The van der Waals surface area contributed by atoms with E-state index in [-0.39, 0.29) is 18.3 Å². The number of rotatable bonds is 5. The fourth-order valence-electron chi connectivity index (χ4n) is 2.25. The highest BCUT2D eigenvalue weighted by Gasteiger charge is 2.19. The first kappa shape index (κ1) is 17.2. The minimum Gasteiger partial charge on any atom is -0.325 e. The van der Waals surface area contributed by atoms with Crippen LogP contribution in [0, 0.1) is 0 Å². The molecule has 1 aliphatic rings. The number of likely N-dealkylation sites (N-methyl/N-ethyl adjacent to an activating group) is 1. The number of anilines is 1. The largest absolute Gasteiger partial charge is 0.325 e. The van der Waals surface area contributed by atoms with Gasteiger partial charge in [0.1, 0.15) is 0 Å². The normalized spacial score (nSPS) is 17.9. The molecule has 0 aliphatic carbocycles. The average Bonchev–Trinajstić information content (AvgIpc) is 2.93. The lowest BCUT2D eigenvalue weighted by Crippen LogP contribution is -2.35. The van der Waals surface area contributed by atoms with Gasteiger partial charge in [-0.1, -0.05) is 23.7 Å². The van der Waals surface area contributed by atoms with Crippen LogP contribution in [0.15, 0.2) is 24.3 Å². The third-order valence-corrected chi connectivity index (χ3v) is 3.83. The maximum atomic E-state index is 11.9. The maximum absolute atomic E-state index is 11.9. The second-order valence-electron chi connectivity index (χ2n) is 4.91. The molecule has 1 saturated heterocycles. The molecule has 0 spiro atoms. The van der Waals surface area contributed by atoms with Crippen LogP contribution >= 0.6 is 24.0 Å². The smallest absolute Gasteiger partial charge is 0.225 e. The second-order valence-corrected chi connectivity index (χ2v) is 5.31. The Bertz CT molecular complexity index is 436. The van der Waals surface area contributed by atoms with Crippen molar-refractivity contribution in [1.82, 2.24) is 10.2 Å². The Morgan fingerprint density at radius 3 is 2.90 bits per heavy atom. The molecule has 0 saturated carbocycles. The van der Waals surface area contributed by atoms with E-state index in [9.17, 15) is 4.79 Å². The van der Waals surface area contributed by atoms with Crippen molar-refractivity contribution in [3.05, 3.63) is 29.3 Å². The van der Waals surface area contributed by atoms with Crippen molar-refractivity contribution in [3.8, 4) is 0 Å². The standard InChI is InChI=1S/C14H20ClN3O.ClH/c1-18(11-6-8-16-10-11)9-7-14(19)17-13-5-3-2-4-12(13)15;/h2-5,11,16H,6-10H2,1H3,(H,17,19);1H. The molecule has 1 aliphatic heterocycles. The lowest BCUT2D eigenvalue weighted by molar-refractivity contribution is -0.116. The zero-order valence-electron chi connectivity index (χ0n) is 11.6. The van der Waals surface area contributed by atoms with E-state index in [1.165, 1.54) is 0 Å². The summed E-state index contributed by atoms with van der Waals surface area (Å²) in [6, 6.07) is 7.84. The zero-order chi connectivity index (χ0) is 13.7. The zero-order valence-corrected chi connectivity index (χ0v) is 13.1. The van der Waals surface area contributed by atoms with E-state index < -0.39 is 0 Å². The van der Waals surface area contributed by atoms with Crippen molar-refractivity contribution >= 4 is 35.6 Å². The maximum Gasteiger partial charge on any atom is 0.225 e. The number of hydrogen-bond donors (Lipinski definition) is 2. The molecular weight excluding hydrogens is 297 g/mol. The number of nitrogens with zero attached hydrogens (tertiary/aromatic N) is 1. The number of carbonyl (C=O) groups excluding carboxylic acids is 1. The summed E-state index contributed by atoms with van der Waals surface area (Å²) in [4.78, 5) is 14.1. The Balaban J connectivity index is 0.00000200. The van der Waals surface area contributed by atoms with E-state index in [2.05, 4.69) is 22.6 Å². The summed E-state index contributed by atoms with van der Waals surface area (Å²) < 4.78 is 0. The van der Waals surface area contributed by atoms with Crippen molar-refractivity contribution in [3.63, 3.8) is 0 Å². The Morgan fingerprint density at radius 2 is 2.25 bits per heavy atom. The first-order valence-electron chi connectivity index (χ1n) is 6.62. The summed E-state index contributed by atoms with van der Waals surface area (Å²) in [5, 5.41) is 6.74. The van der Waals surface area contributed by atoms with Crippen molar-refractivity contribution in [2.45, 2.75) is 18.9 Å². The van der Waals surface area contributed by atoms with Gasteiger partial charge in [-0.05, 0) is 32.1 Å². The molecule has 1 heterocycles. The Hall–Kier alpha value is -0.810. The molecule has 1 aromatic rings. The number of para-hydroxylation sites is 1. The van der Waals surface area contributed by atoms with Crippen molar-refractivity contribution in [1.29, 1.82) is 0 Å². The van der Waals surface area contributed by atoms with E-state index in [0.717, 1.165) is 26.1 Å². The van der Waals surface area contributed by atoms with Gasteiger partial charge in [-0.25, -0.2) is 0 Å². The van der Waals surface area contributed by atoms with E-state index in [1.807, 2.05) is 18.2 Å². The van der Waals surface area contributed by atoms with Gasteiger partial charge in [0.15, 0.2) is 0 Å². The molecule has 6 heteroatoms. The van der Waals surface area contributed by atoms with Crippen molar-refractivity contribution < 1.29 is 4.79 Å². The van der Waals surface area contributed by atoms with Crippen LogP contribution in [0.1, 0.15) is 12.8 Å². The first-order valence-corrected chi connectivity index (χ1v) is 7.00. The number of benzene rings is 1. The second kappa shape index (κ2) is 8.47. The molecular formula is C14H21Cl2N3O. The number of halogens is 2. The summed E-state index contributed by atoms with van der Waals surface area (Å²) in [6.45, 7) is 2.85. The van der Waals surface area contributed by atoms with Gasteiger partial charge in [0.25, 0.3) is 0 Å². The van der Waals surface area contributed by atoms with Gasteiger partial charge in [0.2, 0.25) is 5.91 Å². The third kappa shape index (κ3) is 4.94. The summed E-state index contributed by atoms with van der Waals surface area (Å²) in [5.41, 5.74) is 0.680. The van der Waals surface area contributed by atoms with Crippen LogP contribution in [-0.4, -0.2) is 43.5 Å². The number of hydrogen-bond acceptors (Lipinski definition) is 3. The van der Waals surface area contributed by atoms with Crippen LogP contribution in [0.25, 0.3) is 0 Å².